The maximum absolute atomic E-state index is 12.3. The molecule has 1 aliphatic rings. The fourth-order valence-electron chi connectivity index (χ4n) is 3.30. The number of thiophene rings is 1. The van der Waals surface area contributed by atoms with Gasteiger partial charge in [-0.05, 0) is 43.6 Å². The van der Waals surface area contributed by atoms with Crippen LogP contribution in [0, 0.1) is 0 Å². The Morgan fingerprint density at radius 3 is 2.44 bits per heavy atom. The van der Waals surface area contributed by atoms with Gasteiger partial charge < -0.3 is 15.2 Å². The quantitative estimate of drug-likeness (QED) is 0.822. The van der Waals surface area contributed by atoms with E-state index in [-0.39, 0.29) is 5.97 Å². The summed E-state index contributed by atoms with van der Waals surface area (Å²) in [5.41, 5.74) is 8.52. The van der Waals surface area contributed by atoms with Crippen molar-refractivity contribution >= 4 is 22.3 Å². The van der Waals surface area contributed by atoms with Crippen molar-refractivity contribution < 1.29 is 14.3 Å². The van der Waals surface area contributed by atoms with Crippen molar-refractivity contribution in [1.29, 1.82) is 0 Å². The van der Waals surface area contributed by atoms with Crippen LogP contribution < -0.4 is 10.5 Å². The number of piperidine rings is 1. The predicted molar refractivity (Wildman–Crippen MR) is 101 cm³/mol. The van der Waals surface area contributed by atoms with E-state index in [2.05, 4.69) is 4.90 Å². The highest BCUT2D eigenvalue weighted by atomic mass is 32.1. The molecule has 0 amide bonds. The van der Waals surface area contributed by atoms with E-state index in [9.17, 15) is 4.79 Å². The third-order valence-corrected chi connectivity index (χ3v) is 5.60. The van der Waals surface area contributed by atoms with Crippen molar-refractivity contribution in [2.45, 2.75) is 25.8 Å². The number of carbonyl (C=O) groups is 1. The molecule has 2 heterocycles. The smallest absolute Gasteiger partial charge is 0.341 e. The molecule has 25 heavy (non-hydrogen) atoms. The number of esters is 1. The van der Waals surface area contributed by atoms with E-state index < -0.39 is 0 Å². The Hall–Kier alpha value is -2.05. The van der Waals surface area contributed by atoms with Gasteiger partial charge in [0.05, 0.1) is 14.2 Å². The van der Waals surface area contributed by atoms with Gasteiger partial charge in [0.2, 0.25) is 0 Å². The van der Waals surface area contributed by atoms with Gasteiger partial charge in [0, 0.05) is 17.0 Å². The molecule has 0 bridgehead atoms. The molecule has 134 valence electrons. The number of benzene rings is 1. The molecule has 0 spiro atoms. The number of methoxy groups -OCH3 is 2. The molecule has 0 radical (unpaired) electrons. The maximum Gasteiger partial charge on any atom is 0.341 e. The lowest BCUT2D eigenvalue weighted by Gasteiger charge is -2.26. The molecular weight excluding hydrogens is 336 g/mol. The van der Waals surface area contributed by atoms with Gasteiger partial charge >= 0.3 is 5.97 Å². The molecule has 1 aromatic carbocycles. The van der Waals surface area contributed by atoms with Gasteiger partial charge in [-0.25, -0.2) is 4.79 Å². The van der Waals surface area contributed by atoms with E-state index in [0.29, 0.717) is 10.6 Å². The summed E-state index contributed by atoms with van der Waals surface area (Å²) in [4.78, 5) is 15.9. The molecular formula is C19H24N2O3S. The molecule has 2 aromatic rings. The number of hydrogen-bond acceptors (Lipinski definition) is 6. The first-order chi connectivity index (χ1) is 12.1. The molecule has 3 rings (SSSR count). The van der Waals surface area contributed by atoms with Crippen LogP contribution in [-0.4, -0.2) is 38.2 Å². The van der Waals surface area contributed by atoms with Crippen LogP contribution in [-0.2, 0) is 11.3 Å². The Bertz CT molecular complexity index is 734. The SMILES string of the molecule is COC(=O)c1c(N)sc(CN2CCCCC2)c1-c1ccc(OC)cc1. The molecule has 5 nitrogen and oxygen atoms in total. The molecule has 0 saturated carbocycles. The van der Waals surface area contributed by atoms with Crippen LogP contribution >= 0.6 is 11.3 Å². The van der Waals surface area contributed by atoms with Gasteiger partial charge in [-0.15, -0.1) is 11.3 Å². The second kappa shape index (κ2) is 7.89. The first kappa shape index (κ1) is 17.8. The number of nitrogens with two attached hydrogens (primary N) is 1. The summed E-state index contributed by atoms with van der Waals surface area (Å²) in [7, 11) is 3.03. The molecule has 0 atom stereocenters. The first-order valence-corrected chi connectivity index (χ1v) is 9.32. The van der Waals surface area contributed by atoms with Crippen LogP contribution in [0.15, 0.2) is 24.3 Å². The minimum absolute atomic E-state index is 0.385. The number of nitrogen functional groups attached to an aromatic ring is 1. The van der Waals surface area contributed by atoms with Crippen LogP contribution in [0.3, 0.4) is 0 Å². The van der Waals surface area contributed by atoms with Gasteiger partial charge in [-0.3, -0.25) is 4.90 Å². The first-order valence-electron chi connectivity index (χ1n) is 8.50. The molecule has 6 heteroatoms. The fourth-order valence-corrected chi connectivity index (χ4v) is 4.42. The second-order valence-electron chi connectivity index (χ2n) is 6.20. The van der Waals surface area contributed by atoms with E-state index in [1.807, 2.05) is 24.3 Å². The van der Waals surface area contributed by atoms with Crippen molar-refractivity contribution in [3.63, 3.8) is 0 Å². The Balaban J connectivity index is 2.02. The van der Waals surface area contributed by atoms with E-state index in [4.69, 9.17) is 15.2 Å². The Kier molecular flexibility index (Phi) is 5.60. The zero-order chi connectivity index (χ0) is 17.8. The van der Waals surface area contributed by atoms with Crippen LogP contribution in [0.2, 0.25) is 0 Å². The second-order valence-corrected chi connectivity index (χ2v) is 7.33. The molecule has 0 unspecified atom stereocenters. The van der Waals surface area contributed by atoms with E-state index in [1.165, 1.54) is 37.7 Å². The van der Waals surface area contributed by atoms with Gasteiger partial charge in [0.15, 0.2) is 0 Å². The van der Waals surface area contributed by atoms with Crippen LogP contribution in [0.1, 0.15) is 34.5 Å². The van der Waals surface area contributed by atoms with Gasteiger partial charge in [0.25, 0.3) is 0 Å². The number of likely N-dealkylation sites (tertiary alicyclic amines) is 1. The molecule has 2 N–H and O–H groups in total. The molecule has 1 saturated heterocycles. The summed E-state index contributed by atoms with van der Waals surface area (Å²) in [5, 5.41) is 0.518. The summed E-state index contributed by atoms with van der Waals surface area (Å²) < 4.78 is 10.2. The zero-order valence-electron chi connectivity index (χ0n) is 14.7. The summed E-state index contributed by atoms with van der Waals surface area (Å²) in [6.07, 6.45) is 3.74. The minimum Gasteiger partial charge on any atom is -0.497 e. The number of rotatable bonds is 5. The summed E-state index contributed by atoms with van der Waals surface area (Å²) >= 11 is 1.49. The van der Waals surface area contributed by atoms with Crippen molar-refractivity contribution in [2.24, 2.45) is 0 Å². The largest absolute Gasteiger partial charge is 0.497 e. The van der Waals surface area contributed by atoms with Crippen molar-refractivity contribution in [2.75, 3.05) is 33.0 Å². The average molecular weight is 360 g/mol. The lowest BCUT2D eigenvalue weighted by atomic mass is 10.00. The summed E-state index contributed by atoms with van der Waals surface area (Å²) in [6.45, 7) is 2.99. The lowest BCUT2D eigenvalue weighted by molar-refractivity contribution is 0.0603. The zero-order valence-corrected chi connectivity index (χ0v) is 15.5. The maximum atomic E-state index is 12.3. The average Bonchev–Trinajstić information content (AvgIpc) is 2.97. The van der Waals surface area contributed by atoms with Crippen molar-refractivity contribution in [3.05, 3.63) is 34.7 Å². The molecule has 1 aliphatic heterocycles. The van der Waals surface area contributed by atoms with Crippen LogP contribution in [0.5, 0.6) is 5.75 Å². The van der Waals surface area contributed by atoms with Gasteiger partial charge in [-0.2, -0.15) is 0 Å². The standard InChI is InChI=1S/C19H24N2O3S/c1-23-14-8-6-13(7-9-14)16-15(12-21-10-4-3-5-11-21)25-18(20)17(16)19(22)24-2/h6-9H,3-5,10-12,20H2,1-2H3. The minimum atomic E-state index is -0.385. The summed E-state index contributed by atoms with van der Waals surface area (Å²) in [5.74, 6) is 0.397. The number of hydrogen-bond donors (Lipinski definition) is 1. The third kappa shape index (κ3) is 3.80. The topological polar surface area (TPSA) is 64.8 Å². The highest BCUT2D eigenvalue weighted by Crippen LogP contribution is 2.40. The monoisotopic (exact) mass is 360 g/mol. The lowest BCUT2D eigenvalue weighted by Crippen LogP contribution is -2.28. The molecule has 1 aromatic heterocycles. The Morgan fingerprint density at radius 2 is 1.84 bits per heavy atom. The van der Waals surface area contributed by atoms with Crippen LogP contribution in [0.4, 0.5) is 5.00 Å². The molecule has 1 fully saturated rings. The van der Waals surface area contributed by atoms with Crippen molar-refractivity contribution in [1.82, 2.24) is 4.90 Å². The van der Waals surface area contributed by atoms with Gasteiger partial charge in [0.1, 0.15) is 16.3 Å². The van der Waals surface area contributed by atoms with E-state index >= 15 is 0 Å². The fraction of sp³-hybridized carbons (Fsp3) is 0.421. The Morgan fingerprint density at radius 1 is 1.16 bits per heavy atom. The van der Waals surface area contributed by atoms with E-state index in [0.717, 1.165) is 41.4 Å². The third-order valence-electron chi connectivity index (χ3n) is 4.59. The number of carbonyl (C=O) groups excluding carboxylic acids is 1. The number of ether oxygens (including phenoxy) is 2. The highest BCUT2D eigenvalue weighted by Gasteiger charge is 2.25. The highest BCUT2D eigenvalue weighted by molar-refractivity contribution is 7.17. The number of nitrogens with zero attached hydrogens (tertiary/aromatic N) is 1. The normalized spacial score (nSPS) is 15.1. The van der Waals surface area contributed by atoms with Crippen LogP contribution in [0.25, 0.3) is 11.1 Å². The number of anilines is 1. The predicted octanol–water partition coefficient (Wildman–Crippen LogP) is 3.78. The van der Waals surface area contributed by atoms with Gasteiger partial charge in [-0.1, -0.05) is 18.6 Å². The van der Waals surface area contributed by atoms with E-state index in [1.54, 1.807) is 7.11 Å². The van der Waals surface area contributed by atoms with Crippen molar-refractivity contribution in [3.8, 4) is 16.9 Å². The summed E-state index contributed by atoms with van der Waals surface area (Å²) in [6, 6.07) is 7.72. The molecule has 0 aliphatic carbocycles. The Labute approximate surface area is 152 Å².